The van der Waals surface area contributed by atoms with E-state index in [1.54, 1.807) is 6.20 Å². The van der Waals surface area contributed by atoms with Crippen LogP contribution in [0.3, 0.4) is 0 Å². The molecule has 0 saturated carbocycles. The zero-order valence-electron chi connectivity index (χ0n) is 29.9. The predicted octanol–water partition coefficient (Wildman–Crippen LogP) is 12.9. The summed E-state index contributed by atoms with van der Waals surface area (Å²) in [6.45, 7) is 5.37. The molecule has 0 spiro atoms. The summed E-state index contributed by atoms with van der Waals surface area (Å²) in [7, 11) is 0. The molecule has 0 bridgehead atoms. The Morgan fingerprint density at radius 3 is 2.02 bits per heavy atom. The number of hydrogen-bond donors (Lipinski definition) is 1. The Morgan fingerprint density at radius 2 is 1.26 bits per heavy atom. The molecule has 258 valence electrons. The third kappa shape index (κ3) is 4.48. The number of nitrogens with one attached hydrogen (secondary N) is 1. The molecule has 54 heavy (non-hydrogen) atoms. The number of para-hydroxylation sites is 2. The van der Waals surface area contributed by atoms with Crippen molar-refractivity contribution in [2.45, 2.75) is 25.8 Å². The minimum absolute atomic E-state index is 0.117. The molecule has 11 rings (SSSR count). The number of rotatable bonds is 5. The number of benzene rings is 6. The minimum Gasteiger partial charge on any atom is -0.458 e. The topological polar surface area (TPSA) is 54.4 Å². The van der Waals surface area contributed by atoms with E-state index in [-0.39, 0.29) is 5.41 Å². The molecule has 1 aliphatic carbocycles. The van der Waals surface area contributed by atoms with Crippen LogP contribution in [0, 0.1) is 0 Å². The van der Waals surface area contributed by atoms with Crippen LogP contribution in [0.25, 0.3) is 72.4 Å². The van der Waals surface area contributed by atoms with Crippen LogP contribution < -0.4 is 10.2 Å². The lowest BCUT2D eigenvalue weighted by Crippen LogP contribution is -2.16. The van der Waals surface area contributed by atoms with Crippen molar-refractivity contribution in [1.29, 1.82) is 0 Å². The predicted molar refractivity (Wildman–Crippen MR) is 220 cm³/mol. The normalized spacial score (nSPS) is 13.9. The average Bonchev–Trinajstić information content (AvgIpc) is 3.87. The summed E-state index contributed by atoms with van der Waals surface area (Å²) in [4.78, 5) is 6.69. The van der Waals surface area contributed by atoms with Gasteiger partial charge < -0.3 is 19.1 Å². The molecule has 0 amide bonds. The summed E-state index contributed by atoms with van der Waals surface area (Å²) < 4.78 is 12.8. The van der Waals surface area contributed by atoms with Gasteiger partial charge in [-0.05, 0) is 76.5 Å². The quantitative estimate of drug-likeness (QED) is 0.194. The molecular formula is C49H35N3O2. The van der Waals surface area contributed by atoms with E-state index in [4.69, 9.17) is 8.83 Å². The second-order valence-electron chi connectivity index (χ2n) is 14.8. The van der Waals surface area contributed by atoms with Crippen molar-refractivity contribution < 1.29 is 8.83 Å². The Bertz CT molecular complexity index is 2960. The van der Waals surface area contributed by atoms with Crippen molar-refractivity contribution in [2.24, 2.45) is 0 Å². The van der Waals surface area contributed by atoms with Gasteiger partial charge in [0.15, 0.2) is 5.58 Å². The third-order valence-electron chi connectivity index (χ3n) is 11.5. The highest BCUT2D eigenvalue weighted by molar-refractivity contribution is 6.09. The number of anilines is 3. The molecule has 4 heterocycles. The summed E-state index contributed by atoms with van der Waals surface area (Å²) in [6, 6.07) is 48.2. The molecule has 0 unspecified atom stereocenters. The van der Waals surface area contributed by atoms with E-state index < -0.39 is 0 Å². The number of pyridine rings is 1. The summed E-state index contributed by atoms with van der Waals surface area (Å²) in [6.07, 6.45) is 7.71. The van der Waals surface area contributed by atoms with E-state index in [1.807, 2.05) is 18.5 Å². The minimum atomic E-state index is -0.117. The molecule has 3 aromatic heterocycles. The zero-order valence-corrected chi connectivity index (χ0v) is 29.9. The fourth-order valence-electron chi connectivity index (χ4n) is 8.83. The van der Waals surface area contributed by atoms with Crippen molar-refractivity contribution in [3.8, 4) is 33.4 Å². The maximum atomic E-state index is 6.45. The molecule has 0 saturated heterocycles. The van der Waals surface area contributed by atoms with E-state index >= 15 is 0 Å². The summed E-state index contributed by atoms with van der Waals surface area (Å²) in [5, 5.41) is 6.59. The highest BCUT2D eigenvalue weighted by atomic mass is 16.3. The van der Waals surface area contributed by atoms with Gasteiger partial charge in [-0.25, -0.2) is 0 Å². The lowest BCUT2D eigenvalue weighted by Gasteiger charge is -2.29. The van der Waals surface area contributed by atoms with Gasteiger partial charge in [0, 0.05) is 61.4 Å². The van der Waals surface area contributed by atoms with Crippen molar-refractivity contribution in [1.82, 2.24) is 10.3 Å². The summed E-state index contributed by atoms with van der Waals surface area (Å²) in [5.74, 6) is 0.973. The van der Waals surface area contributed by atoms with E-state index in [0.717, 1.165) is 83.5 Å². The monoisotopic (exact) mass is 697 g/mol. The van der Waals surface area contributed by atoms with Gasteiger partial charge in [-0.3, -0.25) is 4.98 Å². The number of nitrogens with zero attached hydrogens (tertiary/aromatic N) is 2. The maximum absolute atomic E-state index is 6.45. The van der Waals surface area contributed by atoms with Gasteiger partial charge in [-0.2, -0.15) is 0 Å². The molecule has 1 aliphatic heterocycles. The van der Waals surface area contributed by atoms with Gasteiger partial charge in [0.2, 0.25) is 0 Å². The Hall–Kier alpha value is -6.85. The van der Waals surface area contributed by atoms with Crippen LogP contribution in [-0.4, -0.2) is 4.98 Å². The summed E-state index contributed by atoms with van der Waals surface area (Å²) >= 11 is 0. The van der Waals surface area contributed by atoms with Crippen LogP contribution >= 0.6 is 0 Å². The third-order valence-corrected chi connectivity index (χ3v) is 11.5. The Morgan fingerprint density at radius 1 is 0.611 bits per heavy atom. The number of hydrogen-bond acceptors (Lipinski definition) is 5. The fraction of sp³-hybridized carbons (Fsp3) is 0.0816. The second-order valence-corrected chi connectivity index (χ2v) is 14.8. The Labute approximate surface area is 312 Å². The van der Waals surface area contributed by atoms with Gasteiger partial charge in [0.05, 0.1) is 18.4 Å². The van der Waals surface area contributed by atoms with Crippen LogP contribution in [0.15, 0.2) is 161 Å². The van der Waals surface area contributed by atoms with Crippen molar-refractivity contribution in [3.05, 3.63) is 175 Å². The second kappa shape index (κ2) is 11.6. The standard InChI is InChI=1S/C49H35N3O2/c1-49(2)41-13-4-3-8-40(41)46-42(49)14-7-15-43(46)52(32-20-16-30(17-21-32)34-9-5-11-38-36-24-26-50-28-44(36)53-47(34)38)33-22-18-31(19-23-33)35-10-6-12-39-37-25-27-51-29-45(37)54-48(35)39/h3-28,51H,29H2,1-2H3. The number of aromatic nitrogens is 1. The van der Waals surface area contributed by atoms with Crippen LogP contribution in [0.5, 0.6) is 0 Å². The van der Waals surface area contributed by atoms with Gasteiger partial charge in [-0.1, -0.05) is 111 Å². The first-order valence-corrected chi connectivity index (χ1v) is 18.5. The van der Waals surface area contributed by atoms with Crippen molar-refractivity contribution in [2.75, 3.05) is 4.90 Å². The molecule has 5 nitrogen and oxygen atoms in total. The summed E-state index contributed by atoms with van der Waals surface area (Å²) in [5.41, 5.74) is 16.5. The van der Waals surface area contributed by atoms with Gasteiger partial charge in [0.25, 0.3) is 0 Å². The molecule has 0 fully saturated rings. The lowest BCUT2D eigenvalue weighted by atomic mass is 9.82. The molecular weight excluding hydrogens is 663 g/mol. The molecule has 0 atom stereocenters. The van der Waals surface area contributed by atoms with Crippen LogP contribution in [0.4, 0.5) is 17.1 Å². The first-order valence-electron chi connectivity index (χ1n) is 18.5. The largest absolute Gasteiger partial charge is 0.458 e. The lowest BCUT2D eigenvalue weighted by molar-refractivity contribution is 0.533. The molecule has 0 radical (unpaired) electrons. The first-order chi connectivity index (χ1) is 26.5. The fourth-order valence-corrected chi connectivity index (χ4v) is 8.83. The maximum Gasteiger partial charge on any atom is 0.153 e. The van der Waals surface area contributed by atoms with Crippen LogP contribution in [0.1, 0.15) is 36.3 Å². The van der Waals surface area contributed by atoms with E-state index in [2.05, 4.69) is 163 Å². The molecule has 9 aromatic rings. The zero-order chi connectivity index (χ0) is 36.0. The van der Waals surface area contributed by atoms with E-state index in [0.29, 0.717) is 6.54 Å². The van der Waals surface area contributed by atoms with E-state index in [1.165, 1.54) is 22.3 Å². The smallest absolute Gasteiger partial charge is 0.153 e. The highest BCUT2D eigenvalue weighted by Crippen LogP contribution is 2.54. The first kappa shape index (κ1) is 30.7. The van der Waals surface area contributed by atoms with Crippen LogP contribution in [-0.2, 0) is 12.0 Å². The molecule has 5 heteroatoms. The average molecular weight is 698 g/mol. The van der Waals surface area contributed by atoms with Crippen LogP contribution in [0.2, 0.25) is 0 Å². The number of fused-ring (bicyclic) bond motifs is 9. The molecule has 6 aromatic carbocycles. The van der Waals surface area contributed by atoms with E-state index in [9.17, 15) is 0 Å². The van der Waals surface area contributed by atoms with Crippen molar-refractivity contribution in [3.63, 3.8) is 0 Å². The molecule has 1 N–H and O–H groups in total. The number of furan rings is 2. The highest BCUT2D eigenvalue weighted by Gasteiger charge is 2.37. The Balaban J connectivity index is 1.06. The Kier molecular flexibility index (Phi) is 6.59. The van der Waals surface area contributed by atoms with Crippen molar-refractivity contribution >= 4 is 56.0 Å². The SMILES string of the molecule is CC1(C)c2ccccc2-c2c(N(c3ccc(-c4cccc5c6c(oc45)CNC=C6)cc3)c3ccc(-c4cccc5c4oc4cnccc45)cc3)cccc21. The van der Waals surface area contributed by atoms with Gasteiger partial charge >= 0.3 is 0 Å². The van der Waals surface area contributed by atoms with Gasteiger partial charge in [0.1, 0.15) is 16.9 Å². The molecule has 2 aliphatic rings. The van der Waals surface area contributed by atoms with Gasteiger partial charge in [-0.15, -0.1) is 0 Å².